The summed E-state index contributed by atoms with van der Waals surface area (Å²) in [6.07, 6.45) is 4.86. The van der Waals surface area contributed by atoms with Gasteiger partial charge in [0.1, 0.15) is 5.37 Å². The first-order chi connectivity index (χ1) is 7.11. The Morgan fingerprint density at radius 1 is 1.60 bits per heavy atom. The van der Waals surface area contributed by atoms with Crippen molar-refractivity contribution < 1.29 is 15.0 Å². The first-order valence-corrected chi connectivity index (χ1v) is 4.98. The molecule has 1 aliphatic rings. The van der Waals surface area contributed by atoms with Gasteiger partial charge in [-0.05, 0) is 12.2 Å². The van der Waals surface area contributed by atoms with Crippen molar-refractivity contribution in [2.75, 3.05) is 13.2 Å². The van der Waals surface area contributed by atoms with Crippen LogP contribution >= 0.6 is 12.6 Å². The highest BCUT2D eigenvalue weighted by Gasteiger charge is 2.27. The highest BCUT2D eigenvalue weighted by atomic mass is 32.1. The molecule has 15 heavy (non-hydrogen) atoms. The number of aliphatic hydroxyl groups is 2. The molecule has 1 aliphatic heterocycles. The summed E-state index contributed by atoms with van der Waals surface area (Å²) in [5.74, 6) is -0.557. The lowest BCUT2D eigenvalue weighted by Gasteiger charge is -2.35. The molecule has 0 saturated carbocycles. The van der Waals surface area contributed by atoms with E-state index in [0.29, 0.717) is 5.57 Å². The van der Waals surface area contributed by atoms with Crippen molar-refractivity contribution in [3.8, 4) is 0 Å². The number of thiol groups is 1. The molecule has 1 amide bonds. The van der Waals surface area contributed by atoms with Gasteiger partial charge >= 0.3 is 0 Å². The van der Waals surface area contributed by atoms with Gasteiger partial charge in [0.15, 0.2) is 0 Å². The Morgan fingerprint density at radius 3 is 2.67 bits per heavy atom. The monoisotopic (exact) mass is 230 g/mol. The molecule has 0 bridgehead atoms. The molecule has 0 saturated heterocycles. The first kappa shape index (κ1) is 12.1. The Bertz CT molecular complexity index is 300. The van der Waals surface area contributed by atoms with Gasteiger partial charge in [-0.25, -0.2) is 0 Å². The van der Waals surface area contributed by atoms with E-state index in [1.54, 1.807) is 23.3 Å². The zero-order valence-electron chi connectivity index (χ0n) is 8.08. The third kappa shape index (κ3) is 2.53. The maximum absolute atomic E-state index is 11.0. The Kier molecular flexibility index (Phi) is 4.19. The van der Waals surface area contributed by atoms with Crippen molar-refractivity contribution >= 4 is 18.5 Å². The standard InChI is InChI=1S/C9H14N2O3S/c10-8(14)7-2-1-3-11(9(7)15)6(4-12)5-13/h1-3,6,9,12-13,15H,4-5H2,(H2,10,14). The number of amides is 1. The van der Waals surface area contributed by atoms with Crippen molar-refractivity contribution in [2.24, 2.45) is 5.73 Å². The molecule has 0 aromatic carbocycles. The summed E-state index contributed by atoms with van der Waals surface area (Å²) in [6, 6.07) is -0.480. The van der Waals surface area contributed by atoms with Crippen LogP contribution in [0.15, 0.2) is 23.9 Å². The van der Waals surface area contributed by atoms with Crippen LogP contribution in [0, 0.1) is 0 Å². The molecule has 0 radical (unpaired) electrons. The van der Waals surface area contributed by atoms with Crippen LogP contribution in [-0.4, -0.2) is 45.6 Å². The molecule has 84 valence electrons. The number of carbonyl (C=O) groups excluding carboxylic acids is 1. The number of carbonyl (C=O) groups is 1. The van der Waals surface area contributed by atoms with E-state index >= 15 is 0 Å². The number of allylic oxidation sites excluding steroid dienone is 2. The molecule has 5 nitrogen and oxygen atoms in total. The number of aliphatic hydroxyl groups excluding tert-OH is 2. The van der Waals surface area contributed by atoms with Crippen LogP contribution < -0.4 is 5.73 Å². The van der Waals surface area contributed by atoms with Gasteiger partial charge in [-0.2, -0.15) is 0 Å². The number of hydrogen-bond donors (Lipinski definition) is 4. The summed E-state index contributed by atoms with van der Waals surface area (Å²) in [5, 5.41) is 17.5. The molecule has 1 heterocycles. The maximum atomic E-state index is 11.0. The Labute approximate surface area is 93.3 Å². The van der Waals surface area contributed by atoms with Gasteiger partial charge in [-0.3, -0.25) is 4.79 Å². The fourth-order valence-corrected chi connectivity index (χ4v) is 1.83. The highest BCUT2D eigenvalue weighted by molar-refractivity contribution is 7.81. The molecule has 0 aliphatic carbocycles. The molecular weight excluding hydrogens is 216 g/mol. The third-order valence-corrected chi connectivity index (χ3v) is 2.77. The maximum Gasteiger partial charge on any atom is 0.247 e. The van der Waals surface area contributed by atoms with Crippen LogP contribution in [0.25, 0.3) is 0 Å². The molecule has 1 rings (SSSR count). The van der Waals surface area contributed by atoms with Gasteiger partial charge in [-0.15, -0.1) is 12.6 Å². The molecule has 0 fully saturated rings. The number of primary amides is 1. The van der Waals surface area contributed by atoms with E-state index < -0.39 is 17.3 Å². The number of nitrogens with two attached hydrogens (primary N) is 1. The average Bonchev–Trinajstić information content (AvgIpc) is 2.21. The zero-order chi connectivity index (χ0) is 11.4. The molecule has 1 atom stereocenters. The van der Waals surface area contributed by atoms with E-state index in [9.17, 15) is 4.79 Å². The summed E-state index contributed by atoms with van der Waals surface area (Å²) in [6.45, 7) is -0.437. The fourth-order valence-electron chi connectivity index (χ4n) is 1.35. The van der Waals surface area contributed by atoms with Gasteiger partial charge < -0.3 is 20.8 Å². The summed E-state index contributed by atoms with van der Waals surface area (Å²) >= 11 is 4.22. The number of rotatable bonds is 4. The Hall–Kier alpha value is -0.980. The van der Waals surface area contributed by atoms with Crippen molar-refractivity contribution in [3.63, 3.8) is 0 Å². The average molecular weight is 230 g/mol. The van der Waals surface area contributed by atoms with Crippen molar-refractivity contribution in [1.82, 2.24) is 4.90 Å². The summed E-state index contributed by atoms with van der Waals surface area (Å²) in [5.41, 5.74) is 5.50. The van der Waals surface area contributed by atoms with E-state index in [4.69, 9.17) is 15.9 Å². The van der Waals surface area contributed by atoms with Crippen LogP contribution in [0.3, 0.4) is 0 Å². The lowest BCUT2D eigenvalue weighted by Crippen LogP contribution is -2.45. The second kappa shape index (κ2) is 5.20. The lowest BCUT2D eigenvalue weighted by atomic mass is 10.1. The van der Waals surface area contributed by atoms with Gasteiger partial charge in [-0.1, -0.05) is 0 Å². The zero-order valence-corrected chi connectivity index (χ0v) is 8.97. The van der Waals surface area contributed by atoms with E-state index in [2.05, 4.69) is 12.6 Å². The summed E-state index contributed by atoms with van der Waals surface area (Å²) in [7, 11) is 0. The highest BCUT2D eigenvalue weighted by Crippen LogP contribution is 2.21. The number of nitrogens with zero attached hydrogens (tertiary/aromatic N) is 1. The van der Waals surface area contributed by atoms with E-state index in [1.165, 1.54) is 0 Å². The minimum atomic E-state index is -0.557. The second-order valence-electron chi connectivity index (χ2n) is 3.17. The van der Waals surface area contributed by atoms with Crippen molar-refractivity contribution in [2.45, 2.75) is 11.4 Å². The third-order valence-electron chi connectivity index (χ3n) is 2.22. The molecule has 0 aromatic heterocycles. The van der Waals surface area contributed by atoms with Crippen LogP contribution in [0.1, 0.15) is 0 Å². The first-order valence-electron chi connectivity index (χ1n) is 4.47. The van der Waals surface area contributed by atoms with Crippen LogP contribution in [0.4, 0.5) is 0 Å². The van der Waals surface area contributed by atoms with Gasteiger partial charge in [0.25, 0.3) is 0 Å². The lowest BCUT2D eigenvalue weighted by molar-refractivity contribution is -0.115. The SMILES string of the molecule is NC(=O)C1=CC=CN(C(CO)CO)C1S. The summed E-state index contributed by atoms with van der Waals surface area (Å²) < 4.78 is 0. The Balaban J connectivity index is 2.84. The minimum absolute atomic E-state index is 0.218. The van der Waals surface area contributed by atoms with Crippen LogP contribution in [-0.2, 0) is 4.79 Å². The Morgan fingerprint density at radius 2 is 2.20 bits per heavy atom. The fraction of sp³-hybridized carbons (Fsp3) is 0.444. The normalized spacial score (nSPS) is 20.7. The molecule has 1 unspecified atom stereocenters. The van der Waals surface area contributed by atoms with Gasteiger partial charge in [0.2, 0.25) is 5.91 Å². The minimum Gasteiger partial charge on any atom is -0.394 e. The van der Waals surface area contributed by atoms with Crippen molar-refractivity contribution in [3.05, 3.63) is 23.9 Å². The quantitative estimate of drug-likeness (QED) is 0.459. The molecule has 6 heteroatoms. The van der Waals surface area contributed by atoms with E-state index in [0.717, 1.165) is 0 Å². The van der Waals surface area contributed by atoms with Crippen LogP contribution in [0.5, 0.6) is 0 Å². The largest absolute Gasteiger partial charge is 0.394 e. The van der Waals surface area contributed by atoms with Gasteiger partial charge in [0.05, 0.1) is 19.3 Å². The summed E-state index contributed by atoms with van der Waals surface area (Å²) in [4.78, 5) is 12.6. The molecular formula is C9H14N2O3S. The topological polar surface area (TPSA) is 86.8 Å². The van der Waals surface area contributed by atoms with Gasteiger partial charge in [0, 0.05) is 11.8 Å². The second-order valence-corrected chi connectivity index (χ2v) is 3.66. The van der Waals surface area contributed by atoms with Crippen LogP contribution in [0.2, 0.25) is 0 Å². The predicted octanol–water partition coefficient (Wildman–Crippen LogP) is -1.16. The predicted molar refractivity (Wildman–Crippen MR) is 59.0 cm³/mol. The molecule has 4 N–H and O–H groups in total. The number of hydrogen-bond acceptors (Lipinski definition) is 5. The van der Waals surface area contributed by atoms with E-state index in [1.807, 2.05) is 0 Å². The molecule has 0 aromatic rings. The van der Waals surface area contributed by atoms with E-state index in [-0.39, 0.29) is 13.2 Å². The smallest absolute Gasteiger partial charge is 0.247 e. The molecule has 0 spiro atoms. The van der Waals surface area contributed by atoms with Crippen molar-refractivity contribution in [1.29, 1.82) is 0 Å².